The zero-order valence-electron chi connectivity index (χ0n) is 11.2. The van der Waals surface area contributed by atoms with Gasteiger partial charge in [-0.15, -0.1) is 11.8 Å². The summed E-state index contributed by atoms with van der Waals surface area (Å²) in [5.74, 6) is 2.01. The Bertz CT molecular complexity index is 422. The molecule has 4 nitrogen and oxygen atoms in total. The highest BCUT2D eigenvalue weighted by Crippen LogP contribution is 2.23. The lowest BCUT2D eigenvalue weighted by Crippen LogP contribution is -2.31. The van der Waals surface area contributed by atoms with Crippen molar-refractivity contribution in [2.45, 2.75) is 11.3 Å². The number of thioether (sulfide) groups is 1. The fraction of sp³-hybridized carbons (Fsp3) is 0.500. The number of hydrogen-bond acceptors (Lipinski definition) is 4. The second kappa shape index (κ2) is 6.82. The Hall–Kier alpha value is -1.20. The molecule has 0 radical (unpaired) electrons. The van der Waals surface area contributed by atoms with Crippen LogP contribution in [0.1, 0.15) is 6.42 Å². The van der Waals surface area contributed by atoms with Gasteiger partial charge < -0.3 is 15.4 Å². The number of ether oxygens (including phenoxy) is 1. The standard InChI is InChI=1S/C14H20N2O2S/c1-18-12-2-4-13(5-3-12)19-10-14(17)16-7-6-11(8-15)9-16/h2-5,11H,6-10,15H2,1H3. The minimum absolute atomic E-state index is 0.205. The molecule has 2 rings (SSSR count). The predicted octanol–water partition coefficient (Wildman–Crippen LogP) is 1.59. The molecule has 1 aliphatic heterocycles. The van der Waals surface area contributed by atoms with Gasteiger partial charge in [-0.1, -0.05) is 0 Å². The fourth-order valence-corrected chi connectivity index (χ4v) is 2.96. The summed E-state index contributed by atoms with van der Waals surface area (Å²) in [6.07, 6.45) is 1.04. The first-order valence-electron chi connectivity index (χ1n) is 6.47. The second-order valence-corrected chi connectivity index (χ2v) is 5.74. The number of carbonyl (C=O) groups excluding carboxylic acids is 1. The van der Waals surface area contributed by atoms with E-state index in [0.717, 1.165) is 30.2 Å². The van der Waals surface area contributed by atoms with Crippen LogP contribution in [0.15, 0.2) is 29.2 Å². The van der Waals surface area contributed by atoms with Crippen LogP contribution in [0, 0.1) is 5.92 Å². The highest BCUT2D eigenvalue weighted by Gasteiger charge is 2.24. The van der Waals surface area contributed by atoms with E-state index in [1.54, 1.807) is 18.9 Å². The smallest absolute Gasteiger partial charge is 0.232 e. The predicted molar refractivity (Wildman–Crippen MR) is 77.5 cm³/mol. The SMILES string of the molecule is COc1ccc(SCC(=O)N2CCC(CN)C2)cc1. The van der Waals surface area contributed by atoms with Gasteiger partial charge in [-0.3, -0.25) is 4.79 Å². The lowest BCUT2D eigenvalue weighted by atomic mass is 10.1. The van der Waals surface area contributed by atoms with Crippen molar-refractivity contribution >= 4 is 17.7 Å². The number of nitrogens with zero attached hydrogens (tertiary/aromatic N) is 1. The molecule has 1 fully saturated rings. The first kappa shape index (κ1) is 14.2. The zero-order valence-corrected chi connectivity index (χ0v) is 12.0. The summed E-state index contributed by atoms with van der Waals surface area (Å²) in [6, 6.07) is 7.77. The topological polar surface area (TPSA) is 55.6 Å². The first-order valence-corrected chi connectivity index (χ1v) is 7.46. The molecule has 1 aliphatic rings. The van der Waals surface area contributed by atoms with Crippen LogP contribution in [0.2, 0.25) is 0 Å². The highest BCUT2D eigenvalue weighted by atomic mass is 32.2. The van der Waals surface area contributed by atoms with Gasteiger partial charge in [0.2, 0.25) is 5.91 Å². The number of hydrogen-bond donors (Lipinski definition) is 1. The summed E-state index contributed by atoms with van der Waals surface area (Å²) in [5.41, 5.74) is 5.63. The molecule has 1 amide bonds. The van der Waals surface area contributed by atoms with Gasteiger partial charge in [0.15, 0.2) is 0 Å². The molecule has 104 valence electrons. The number of methoxy groups -OCH3 is 1. The second-order valence-electron chi connectivity index (χ2n) is 4.69. The maximum atomic E-state index is 12.0. The maximum absolute atomic E-state index is 12.0. The van der Waals surface area contributed by atoms with E-state index >= 15 is 0 Å². The van der Waals surface area contributed by atoms with Crippen LogP contribution in [0.25, 0.3) is 0 Å². The molecule has 1 atom stereocenters. The molecule has 5 heteroatoms. The number of amides is 1. The molecule has 1 aromatic rings. The van der Waals surface area contributed by atoms with Crippen molar-refractivity contribution in [3.8, 4) is 5.75 Å². The van der Waals surface area contributed by atoms with Gasteiger partial charge in [0.1, 0.15) is 5.75 Å². The van der Waals surface area contributed by atoms with Crippen molar-refractivity contribution in [3.63, 3.8) is 0 Å². The van der Waals surface area contributed by atoms with Crippen molar-refractivity contribution in [2.75, 3.05) is 32.5 Å². The van der Waals surface area contributed by atoms with Crippen molar-refractivity contribution in [1.82, 2.24) is 4.90 Å². The Kier molecular flexibility index (Phi) is 5.10. The third-order valence-electron chi connectivity index (χ3n) is 3.39. The molecule has 1 saturated heterocycles. The van der Waals surface area contributed by atoms with Gasteiger partial charge in [0.25, 0.3) is 0 Å². The van der Waals surface area contributed by atoms with Crippen LogP contribution in [0.5, 0.6) is 5.75 Å². The number of rotatable bonds is 5. The molecular formula is C14H20N2O2S. The van der Waals surface area contributed by atoms with Gasteiger partial charge in [0.05, 0.1) is 12.9 Å². The molecule has 19 heavy (non-hydrogen) atoms. The van der Waals surface area contributed by atoms with E-state index in [1.807, 2.05) is 29.2 Å². The molecular weight excluding hydrogens is 260 g/mol. The molecule has 1 unspecified atom stereocenters. The Morgan fingerprint density at radius 3 is 2.79 bits per heavy atom. The molecule has 0 bridgehead atoms. The maximum Gasteiger partial charge on any atom is 0.232 e. The summed E-state index contributed by atoms with van der Waals surface area (Å²) < 4.78 is 5.10. The van der Waals surface area contributed by atoms with E-state index in [9.17, 15) is 4.79 Å². The number of benzene rings is 1. The van der Waals surface area contributed by atoms with E-state index < -0.39 is 0 Å². The minimum Gasteiger partial charge on any atom is -0.497 e. The molecule has 2 N–H and O–H groups in total. The van der Waals surface area contributed by atoms with Gasteiger partial charge in [-0.25, -0.2) is 0 Å². The normalized spacial score (nSPS) is 18.6. The Balaban J connectivity index is 1.80. The molecule has 0 aromatic heterocycles. The van der Waals surface area contributed by atoms with E-state index in [-0.39, 0.29) is 5.91 Å². The molecule has 0 aliphatic carbocycles. The van der Waals surface area contributed by atoms with Crippen LogP contribution in [-0.4, -0.2) is 43.3 Å². The quantitative estimate of drug-likeness (QED) is 0.832. The average molecular weight is 280 g/mol. The van der Waals surface area contributed by atoms with Crippen LogP contribution >= 0.6 is 11.8 Å². The van der Waals surface area contributed by atoms with E-state index in [4.69, 9.17) is 10.5 Å². The summed E-state index contributed by atoms with van der Waals surface area (Å²) in [7, 11) is 1.65. The van der Waals surface area contributed by atoms with Crippen molar-refractivity contribution < 1.29 is 9.53 Å². The largest absolute Gasteiger partial charge is 0.497 e. The lowest BCUT2D eigenvalue weighted by molar-refractivity contribution is -0.127. The fourth-order valence-electron chi connectivity index (χ4n) is 2.16. The highest BCUT2D eigenvalue weighted by molar-refractivity contribution is 8.00. The monoisotopic (exact) mass is 280 g/mol. The van der Waals surface area contributed by atoms with Gasteiger partial charge in [-0.2, -0.15) is 0 Å². The Labute approximate surface area is 118 Å². The lowest BCUT2D eigenvalue weighted by Gasteiger charge is -2.15. The van der Waals surface area contributed by atoms with Crippen molar-refractivity contribution in [2.24, 2.45) is 11.7 Å². The average Bonchev–Trinajstić information content (AvgIpc) is 2.94. The first-order chi connectivity index (χ1) is 9.22. The Morgan fingerprint density at radius 2 is 2.21 bits per heavy atom. The Morgan fingerprint density at radius 1 is 1.47 bits per heavy atom. The van der Waals surface area contributed by atoms with Gasteiger partial charge in [0, 0.05) is 18.0 Å². The van der Waals surface area contributed by atoms with Crippen molar-refractivity contribution in [3.05, 3.63) is 24.3 Å². The molecule has 1 aromatic carbocycles. The summed E-state index contributed by atoms with van der Waals surface area (Å²) in [4.78, 5) is 15.1. The molecule has 1 heterocycles. The third kappa shape index (κ3) is 3.88. The molecule has 0 spiro atoms. The summed E-state index contributed by atoms with van der Waals surface area (Å²) in [5, 5.41) is 0. The molecule has 0 saturated carbocycles. The minimum atomic E-state index is 0.205. The van der Waals surface area contributed by atoms with Crippen LogP contribution in [0.4, 0.5) is 0 Å². The van der Waals surface area contributed by atoms with E-state index in [2.05, 4.69) is 0 Å². The van der Waals surface area contributed by atoms with E-state index in [1.165, 1.54) is 0 Å². The van der Waals surface area contributed by atoms with Crippen LogP contribution in [0.3, 0.4) is 0 Å². The van der Waals surface area contributed by atoms with Crippen LogP contribution < -0.4 is 10.5 Å². The zero-order chi connectivity index (χ0) is 13.7. The third-order valence-corrected chi connectivity index (χ3v) is 4.39. The summed E-state index contributed by atoms with van der Waals surface area (Å²) >= 11 is 1.57. The number of carbonyl (C=O) groups is 1. The van der Waals surface area contributed by atoms with E-state index in [0.29, 0.717) is 18.2 Å². The van der Waals surface area contributed by atoms with Crippen molar-refractivity contribution in [1.29, 1.82) is 0 Å². The summed E-state index contributed by atoms with van der Waals surface area (Å²) in [6.45, 7) is 2.35. The van der Waals surface area contributed by atoms with Gasteiger partial charge in [-0.05, 0) is 43.1 Å². The number of likely N-dealkylation sites (tertiary alicyclic amines) is 1. The van der Waals surface area contributed by atoms with Crippen LogP contribution in [-0.2, 0) is 4.79 Å². The van der Waals surface area contributed by atoms with Gasteiger partial charge >= 0.3 is 0 Å². The number of nitrogens with two attached hydrogens (primary N) is 1.